The first kappa shape index (κ1) is 17.5. The van der Waals surface area contributed by atoms with E-state index >= 15 is 0 Å². The first-order valence-electron chi connectivity index (χ1n) is 8.81. The number of alkyl halides is 1. The molecule has 2 atom stereocenters. The number of carbonyl (C=O) groups is 2. The number of hydrogen-bond acceptors (Lipinski definition) is 2. The number of amides is 2. The van der Waals surface area contributed by atoms with E-state index in [9.17, 15) is 9.59 Å². The lowest BCUT2D eigenvalue weighted by Crippen LogP contribution is -2.41. The van der Waals surface area contributed by atoms with Crippen molar-refractivity contribution in [2.24, 2.45) is 11.7 Å². The lowest BCUT2D eigenvalue weighted by atomic mass is 9.74. The zero-order valence-electron chi connectivity index (χ0n) is 14.1. The zero-order chi connectivity index (χ0) is 17.3. The summed E-state index contributed by atoms with van der Waals surface area (Å²) < 4.78 is 0. The highest BCUT2D eigenvalue weighted by atomic mass is 79.9. The Morgan fingerprint density at radius 2 is 2.00 bits per heavy atom. The average Bonchev–Trinajstić information content (AvgIpc) is 2.66. The molecule has 1 aliphatic carbocycles. The van der Waals surface area contributed by atoms with Crippen LogP contribution in [-0.2, 0) is 9.59 Å². The molecule has 0 radical (unpaired) electrons. The number of hydrogen-bond donors (Lipinski definition) is 1. The van der Waals surface area contributed by atoms with Crippen molar-refractivity contribution in [1.29, 1.82) is 0 Å². The number of halogens is 1. The van der Waals surface area contributed by atoms with Crippen LogP contribution in [0.1, 0.15) is 55.6 Å². The van der Waals surface area contributed by atoms with Gasteiger partial charge in [-0.1, -0.05) is 47.3 Å². The minimum atomic E-state index is -0.480. The van der Waals surface area contributed by atoms with E-state index in [1.54, 1.807) is 4.90 Å². The predicted molar refractivity (Wildman–Crippen MR) is 99.4 cm³/mol. The van der Waals surface area contributed by atoms with Crippen LogP contribution in [0.25, 0.3) is 0 Å². The van der Waals surface area contributed by atoms with Gasteiger partial charge in [-0.05, 0) is 55.2 Å². The van der Waals surface area contributed by atoms with Gasteiger partial charge in [0.2, 0.25) is 11.8 Å². The zero-order valence-corrected chi connectivity index (χ0v) is 15.7. The Morgan fingerprint density at radius 3 is 2.67 bits per heavy atom. The summed E-state index contributed by atoms with van der Waals surface area (Å²) in [5.74, 6) is 0.430. The monoisotopic (exact) mass is 392 g/mol. The van der Waals surface area contributed by atoms with Crippen molar-refractivity contribution in [2.45, 2.75) is 56.2 Å². The minimum Gasteiger partial charge on any atom is -0.368 e. The van der Waals surface area contributed by atoms with Crippen LogP contribution in [0.5, 0.6) is 0 Å². The predicted octanol–water partition coefficient (Wildman–Crippen LogP) is 3.64. The molecule has 5 heteroatoms. The van der Waals surface area contributed by atoms with E-state index in [0.29, 0.717) is 11.8 Å². The van der Waals surface area contributed by atoms with Crippen LogP contribution in [0.3, 0.4) is 0 Å². The van der Waals surface area contributed by atoms with Crippen LogP contribution >= 0.6 is 15.9 Å². The molecule has 0 aromatic heterocycles. The highest BCUT2D eigenvalue weighted by Gasteiger charge is 2.37. The number of rotatable bonds is 3. The van der Waals surface area contributed by atoms with Crippen LogP contribution in [-0.4, -0.2) is 23.2 Å². The molecule has 3 rings (SSSR count). The van der Waals surface area contributed by atoms with Crippen molar-refractivity contribution in [3.8, 4) is 0 Å². The van der Waals surface area contributed by atoms with E-state index in [4.69, 9.17) is 5.73 Å². The van der Waals surface area contributed by atoms with E-state index in [1.807, 2.05) is 13.0 Å². The first-order chi connectivity index (χ1) is 11.5. The van der Waals surface area contributed by atoms with Gasteiger partial charge < -0.3 is 10.6 Å². The normalized spacial score (nSPS) is 25.2. The molecule has 130 valence electrons. The van der Waals surface area contributed by atoms with Gasteiger partial charge in [-0.2, -0.15) is 0 Å². The first-order valence-corrected chi connectivity index (χ1v) is 9.73. The average molecular weight is 393 g/mol. The smallest absolute Gasteiger partial charge is 0.241 e. The van der Waals surface area contributed by atoms with Crippen molar-refractivity contribution < 1.29 is 9.59 Å². The Labute approximate surface area is 151 Å². The second-order valence-corrected chi connectivity index (χ2v) is 8.27. The van der Waals surface area contributed by atoms with Gasteiger partial charge in [0.05, 0.1) is 4.83 Å². The van der Waals surface area contributed by atoms with E-state index in [2.05, 4.69) is 28.1 Å². The Bertz CT molecular complexity index is 640. The second kappa shape index (κ2) is 7.26. The van der Waals surface area contributed by atoms with Crippen molar-refractivity contribution >= 4 is 33.4 Å². The molecule has 1 aromatic rings. The standard InChI is InChI=1S/C19H25BrN2O2/c1-12-7-8-14-15(13-5-3-2-4-6-13)10-16(20)19(24)22(11-18(21)23)17(14)9-12/h7-9,13,15-16H,2-6,10-11H2,1H3,(H2,21,23). The van der Waals surface area contributed by atoms with Gasteiger partial charge in [0.25, 0.3) is 0 Å². The number of fused-ring (bicyclic) bond motifs is 1. The van der Waals surface area contributed by atoms with Gasteiger partial charge in [-0.3, -0.25) is 9.59 Å². The van der Waals surface area contributed by atoms with Crippen molar-refractivity contribution in [1.82, 2.24) is 0 Å². The van der Waals surface area contributed by atoms with Gasteiger partial charge in [0.1, 0.15) is 6.54 Å². The quantitative estimate of drug-likeness (QED) is 0.797. The summed E-state index contributed by atoms with van der Waals surface area (Å²) >= 11 is 3.58. The maximum absolute atomic E-state index is 12.9. The molecular formula is C19H25BrN2O2. The summed E-state index contributed by atoms with van der Waals surface area (Å²) in [5, 5.41) is 0. The maximum Gasteiger partial charge on any atom is 0.241 e. The Morgan fingerprint density at radius 1 is 1.29 bits per heavy atom. The van der Waals surface area contributed by atoms with Crippen LogP contribution < -0.4 is 10.6 Å². The fourth-order valence-electron chi connectivity index (χ4n) is 4.24. The van der Waals surface area contributed by atoms with Crippen LogP contribution in [0.15, 0.2) is 18.2 Å². The van der Waals surface area contributed by atoms with Crippen LogP contribution in [0.4, 0.5) is 5.69 Å². The molecule has 4 nitrogen and oxygen atoms in total. The molecule has 1 aliphatic heterocycles. The van der Waals surface area contributed by atoms with Crippen LogP contribution in [0, 0.1) is 12.8 Å². The van der Waals surface area contributed by atoms with E-state index in [1.165, 1.54) is 37.7 Å². The third kappa shape index (κ3) is 3.51. The molecule has 2 amide bonds. The minimum absolute atomic E-state index is 0.0565. The van der Waals surface area contributed by atoms with E-state index in [0.717, 1.165) is 17.7 Å². The number of anilines is 1. The number of aryl methyl sites for hydroxylation is 1. The Kier molecular flexibility index (Phi) is 5.28. The van der Waals surface area contributed by atoms with Gasteiger partial charge in [-0.25, -0.2) is 0 Å². The Hall–Kier alpha value is -1.36. The summed E-state index contributed by atoms with van der Waals surface area (Å²) in [7, 11) is 0. The maximum atomic E-state index is 12.9. The van der Waals surface area contributed by atoms with E-state index < -0.39 is 5.91 Å². The number of primary amides is 1. The lowest BCUT2D eigenvalue weighted by molar-refractivity contribution is -0.122. The van der Waals surface area contributed by atoms with Gasteiger partial charge in [0.15, 0.2) is 0 Å². The molecular weight excluding hydrogens is 368 g/mol. The lowest BCUT2D eigenvalue weighted by Gasteiger charge is -2.31. The fourth-order valence-corrected chi connectivity index (χ4v) is 4.89. The molecule has 1 aromatic carbocycles. The summed E-state index contributed by atoms with van der Waals surface area (Å²) in [6, 6.07) is 6.28. The van der Waals surface area contributed by atoms with E-state index in [-0.39, 0.29) is 17.3 Å². The highest BCUT2D eigenvalue weighted by molar-refractivity contribution is 9.10. The molecule has 1 saturated carbocycles. The van der Waals surface area contributed by atoms with Crippen molar-refractivity contribution in [3.63, 3.8) is 0 Å². The molecule has 0 spiro atoms. The number of benzene rings is 1. The van der Waals surface area contributed by atoms with Gasteiger partial charge in [0, 0.05) is 5.69 Å². The summed E-state index contributed by atoms with van der Waals surface area (Å²) in [5.41, 5.74) is 8.57. The molecule has 0 saturated heterocycles. The number of carbonyl (C=O) groups excluding carboxylic acids is 2. The summed E-state index contributed by atoms with van der Waals surface area (Å²) in [4.78, 5) is 25.7. The molecule has 0 bridgehead atoms. The molecule has 2 aliphatic rings. The second-order valence-electron chi connectivity index (χ2n) is 7.16. The topological polar surface area (TPSA) is 63.4 Å². The van der Waals surface area contributed by atoms with Crippen molar-refractivity contribution in [2.75, 3.05) is 11.4 Å². The number of nitrogens with two attached hydrogens (primary N) is 1. The summed E-state index contributed by atoms with van der Waals surface area (Å²) in [6.07, 6.45) is 7.09. The largest absolute Gasteiger partial charge is 0.368 e. The van der Waals surface area contributed by atoms with Crippen molar-refractivity contribution in [3.05, 3.63) is 29.3 Å². The SMILES string of the molecule is Cc1ccc2c(c1)N(CC(N)=O)C(=O)C(Br)CC2C1CCCCC1. The molecule has 1 fully saturated rings. The Balaban J connectivity index is 2.06. The molecule has 24 heavy (non-hydrogen) atoms. The third-order valence-electron chi connectivity index (χ3n) is 5.40. The fraction of sp³-hybridized carbons (Fsp3) is 0.579. The third-order valence-corrected chi connectivity index (χ3v) is 6.17. The molecule has 1 heterocycles. The molecule has 2 unspecified atom stereocenters. The van der Waals surface area contributed by atoms with Gasteiger partial charge >= 0.3 is 0 Å². The molecule has 2 N–H and O–H groups in total. The summed E-state index contributed by atoms with van der Waals surface area (Å²) in [6.45, 7) is 1.95. The van der Waals surface area contributed by atoms with Crippen LogP contribution in [0.2, 0.25) is 0 Å². The van der Waals surface area contributed by atoms with Gasteiger partial charge in [-0.15, -0.1) is 0 Å². The highest BCUT2D eigenvalue weighted by Crippen LogP contribution is 2.45. The number of nitrogens with zero attached hydrogens (tertiary/aromatic N) is 1.